The van der Waals surface area contributed by atoms with Gasteiger partial charge in [0.2, 0.25) is 5.91 Å². The number of aliphatic imine (C=N–C) groups is 1. The first-order valence-electron chi connectivity index (χ1n) is 5.95. The third-order valence-corrected chi connectivity index (χ3v) is 3.75. The Morgan fingerprint density at radius 2 is 2.00 bits per heavy atom. The standard InChI is InChI=1S/C13H17N3OS/c1-9-7-14-13(18-8-9)16-12-5-3-11(4-6-12)15-10(2)17/h3-6,9H,7-8H2,1-2H3,(H,14,16)(H,15,17). The van der Waals surface area contributed by atoms with Crippen molar-refractivity contribution < 1.29 is 4.79 Å². The maximum absolute atomic E-state index is 10.9. The molecule has 1 aliphatic heterocycles. The van der Waals surface area contributed by atoms with Crippen LogP contribution in [0, 0.1) is 5.92 Å². The van der Waals surface area contributed by atoms with Crippen LogP contribution >= 0.6 is 11.8 Å². The highest BCUT2D eigenvalue weighted by Gasteiger charge is 2.11. The Morgan fingerprint density at radius 1 is 1.33 bits per heavy atom. The molecule has 2 rings (SSSR count). The SMILES string of the molecule is CC(=O)Nc1ccc(NC2=NCC(C)CS2)cc1. The molecule has 1 aromatic rings. The van der Waals surface area contributed by atoms with E-state index in [1.807, 2.05) is 24.3 Å². The second kappa shape index (κ2) is 5.91. The summed E-state index contributed by atoms with van der Waals surface area (Å²) in [5, 5.41) is 6.99. The fraction of sp³-hybridized carbons (Fsp3) is 0.385. The number of benzene rings is 1. The fourth-order valence-corrected chi connectivity index (χ4v) is 2.50. The molecule has 1 aliphatic rings. The van der Waals surface area contributed by atoms with Crippen molar-refractivity contribution in [1.29, 1.82) is 0 Å². The van der Waals surface area contributed by atoms with Gasteiger partial charge in [0.1, 0.15) is 0 Å². The van der Waals surface area contributed by atoms with Gasteiger partial charge in [-0.1, -0.05) is 18.7 Å². The van der Waals surface area contributed by atoms with Gasteiger partial charge < -0.3 is 10.6 Å². The summed E-state index contributed by atoms with van der Waals surface area (Å²) in [4.78, 5) is 15.4. The normalized spacial score (nSPS) is 19.0. The predicted molar refractivity (Wildman–Crippen MR) is 78.3 cm³/mol. The summed E-state index contributed by atoms with van der Waals surface area (Å²) in [7, 11) is 0. The van der Waals surface area contributed by atoms with Gasteiger partial charge in [-0.05, 0) is 30.2 Å². The second-order valence-electron chi connectivity index (χ2n) is 4.45. The lowest BCUT2D eigenvalue weighted by Gasteiger charge is -2.18. The minimum atomic E-state index is -0.0584. The van der Waals surface area contributed by atoms with Gasteiger partial charge in [0.15, 0.2) is 5.17 Å². The molecule has 96 valence electrons. The van der Waals surface area contributed by atoms with Crippen molar-refractivity contribution in [3.8, 4) is 0 Å². The topological polar surface area (TPSA) is 53.5 Å². The zero-order valence-electron chi connectivity index (χ0n) is 10.6. The minimum absolute atomic E-state index is 0.0584. The van der Waals surface area contributed by atoms with E-state index in [2.05, 4.69) is 22.5 Å². The Hall–Kier alpha value is -1.49. The molecule has 0 spiro atoms. The second-order valence-corrected chi connectivity index (χ2v) is 5.45. The Labute approximate surface area is 111 Å². The maximum Gasteiger partial charge on any atom is 0.221 e. The van der Waals surface area contributed by atoms with E-state index in [4.69, 9.17) is 0 Å². The molecular weight excluding hydrogens is 246 g/mol. The zero-order valence-corrected chi connectivity index (χ0v) is 11.4. The van der Waals surface area contributed by atoms with E-state index < -0.39 is 0 Å². The Bertz CT molecular complexity index is 456. The van der Waals surface area contributed by atoms with Crippen molar-refractivity contribution >= 4 is 34.2 Å². The summed E-state index contributed by atoms with van der Waals surface area (Å²) in [5.41, 5.74) is 1.80. The lowest BCUT2D eigenvalue weighted by Crippen LogP contribution is -2.18. The molecule has 0 saturated heterocycles. The summed E-state index contributed by atoms with van der Waals surface area (Å²) >= 11 is 1.75. The summed E-state index contributed by atoms with van der Waals surface area (Å²) in [6, 6.07) is 7.62. The molecule has 1 heterocycles. The van der Waals surface area contributed by atoms with Gasteiger partial charge in [0.25, 0.3) is 0 Å². The predicted octanol–water partition coefficient (Wildman–Crippen LogP) is 2.80. The molecule has 0 aromatic heterocycles. The van der Waals surface area contributed by atoms with Crippen LogP contribution in [0.2, 0.25) is 0 Å². The molecule has 1 atom stereocenters. The molecular formula is C13H17N3OS. The van der Waals surface area contributed by atoms with E-state index in [9.17, 15) is 4.79 Å². The molecule has 0 saturated carbocycles. The van der Waals surface area contributed by atoms with E-state index in [-0.39, 0.29) is 5.91 Å². The fourth-order valence-electron chi connectivity index (χ4n) is 1.60. The summed E-state index contributed by atoms with van der Waals surface area (Å²) < 4.78 is 0. The molecule has 0 aliphatic carbocycles. The first-order valence-corrected chi connectivity index (χ1v) is 6.94. The maximum atomic E-state index is 10.9. The van der Waals surface area contributed by atoms with Gasteiger partial charge >= 0.3 is 0 Å². The lowest BCUT2D eigenvalue weighted by atomic mass is 10.2. The molecule has 0 bridgehead atoms. The monoisotopic (exact) mass is 263 g/mol. The average Bonchev–Trinajstić information content (AvgIpc) is 2.34. The average molecular weight is 263 g/mol. The molecule has 4 nitrogen and oxygen atoms in total. The number of thioether (sulfide) groups is 1. The molecule has 1 aromatic carbocycles. The molecule has 0 radical (unpaired) electrons. The van der Waals surface area contributed by atoms with E-state index in [1.54, 1.807) is 11.8 Å². The van der Waals surface area contributed by atoms with Crippen LogP contribution in [0.15, 0.2) is 29.3 Å². The largest absolute Gasteiger partial charge is 0.335 e. The molecule has 0 fully saturated rings. The van der Waals surface area contributed by atoms with Crippen LogP contribution in [-0.2, 0) is 4.79 Å². The first kappa shape index (κ1) is 13.0. The van der Waals surface area contributed by atoms with Crippen LogP contribution in [0.3, 0.4) is 0 Å². The number of hydrogen-bond acceptors (Lipinski definition) is 4. The number of rotatable bonds is 2. The van der Waals surface area contributed by atoms with Crippen LogP contribution in [0.1, 0.15) is 13.8 Å². The highest BCUT2D eigenvalue weighted by molar-refractivity contribution is 8.14. The van der Waals surface area contributed by atoms with Gasteiger partial charge in [-0.25, -0.2) is 0 Å². The van der Waals surface area contributed by atoms with Crippen molar-refractivity contribution in [3.63, 3.8) is 0 Å². The van der Waals surface area contributed by atoms with Crippen molar-refractivity contribution in [2.45, 2.75) is 13.8 Å². The third-order valence-electron chi connectivity index (χ3n) is 2.51. The zero-order chi connectivity index (χ0) is 13.0. The van der Waals surface area contributed by atoms with E-state index in [1.165, 1.54) is 6.92 Å². The van der Waals surface area contributed by atoms with Crippen LogP contribution in [0.25, 0.3) is 0 Å². The third kappa shape index (κ3) is 3.77. The van der Waals surface area contributed by atoms with E-state index in [0.29, 0.717) is 5.92 Å². The van der Waals surface area contributed by atoms with Gasteiger partial charge in [-0.15, -0.1) is 0 Å². The highest BCUT2D eigenvalue weighted by Crippen LogP contribution is 2.20. The van der Waals surface area contributed by atoms with E-state index in [0.717, 1.165) is 28.8 Å². The molecule has 1 amide bonds. The van der Waals surface area contributed by atoms with Gasteiger partial charge in [-0.2, -0.15) is 0 Å². The van der Waals surface area contributed by atoms with Crippen LogP contribution in [-0.4, -0.2) is 23.4 Å². The number of anilines is 2. The number of nitrogens with one attached hydrogen (secondary N) is 2. The number of amides is 1. The van der Waals surface area contributed by atoms with Gasteiger partial charge in [-0.3, -0.25) is 9.79 Å². The molecule has 18 heavy (non-hydrogen) atoms. The van der Waals surface area contributed by atoms with Crippen molar-refractivity contribution in [1.82, 2.24) is 0 Å². The Morgan fingerprint density at radius 3 is 2.56 bits per heavy atom. The summed E-state index contributed by atoms with van der Waals surface area (Å²) in [6.45, 7) is 4.59. The highest BCUT2D eigenvalue weighted by atomic mass is 32.2. The number of amidine groups is 1. The van der Waals surface area contributed by atoms with Gasteiger partial charge in [0.05, 0.1) is 0 Å². The van der Waals surface area contributed by atoms with Crippen molar-refractivity contribution in [2.24, 2.45) is 10.9 Å². The van der Waals surface area contributed by atoms with E-state index >= 15 is 0 Å². The number of nitrogens with zero attached hydrogens (tertiary/aromatic N) is 1. The van der Waals surface area contributed by atoms with Gasteiger partial charge in [0, 0.05) is 30.6 Å². The lowest BCUT2D eigenvalue weighted by molar-refractivity contribution is -0.114. The van der Waals surface area contributed by atoms with Crippen LogP contribution in [0.4, 0.5) is 11.4 Å². The Balaban J connectivity index is 1.96. The molecule has 2 N–H and O–H groups in total. The molecule has 1 unspecified atom stereocenters. The summed E-state index contributed by atoms with van der Waals surface area (Å²) in [6.07, 6.45) is 0. The number of carbonyl (C=O) groups is 1. The minimum Gasteiger partial charge on any atom is -0.335 e. The number of carbonyl (C=O) groups excluding carboxylic acids is 1. The van der Waals surface area contributed by atoms with Crippen LogP contribution < -0.4 is 10.6 Å². The molecule has 5 heteroatoms. The Kier molecular flexibility index (Phi) is 4.25. The summed E-state index contributed by atoms with van der Waals surface area (Å²) in [5.74, 6) is 1.70. The first-order chi connectivity index (χ1) is 8.63. The number of hydrogen-bond donors (Lipinski definition) is 2. The smallest absolute Gasteiger partial charge is 0.221 e. The van der Waals surface area contributed by atoms with Crippen molar-refractivity contribution in [3.05, 3.63) is 24.3 Å². The van der Waals surface area contributed by atoms with Crippen molar-refractivity contribution in [2.75, 3.05) is 22.9 Å². The quantitative estimate of drug-likeness (QED) is 0.862. The van der Waals surface area contributed by atoms with Crippen LogP contribution in [0.5, 0.6) is 0 Å².